The lowest BCUT2D eigenvalue weighted by molar-refractivity contribution is 0.0526. The van der Waals surface area contributed by atoms with Crippen molar-refractivity contribution in [1.29, 1.82) is 0 Å². The van der Waals surface area contributed by atoms with Crippen molar-refractivity contribution < 1.29 is 9.53 Å². The Morgan fingerprint density at radius 1 is 1.20 bits per heavy atom. The number of anilines is 1. The minimum Gasteiger partial charge on any atom is -0.462 e. The number of aromatic nitrogens is 2. The van der Waals surface area contributed by atoms with Gasteiger partial charge < -0.3 is 9.64 Å². The Morgan fingerprint density at radius 2 is 1.90 bits per heavy atom. The molecule has 1 fully saturated rings. The van der Waals surface area contributed by atoms with E-state index < -0.39 is 0 Å². The molecule has 0 radical (unpaired) electrons. The predicted molar refractivity (Wildman–Crippen MR) is 76.9 cm³/mol. The largest absolute Gasteiger partial charge is 0.462 e. The van der Waals surface area contributed by atoms with Crippen LogP contribution in [0.2, 0.25) is 0 Å². The average Bonchev–Trinajstić information content (AvgIpc) is 3.00. The Kier molecular flexibility index (Phi) is 3.50. The maximum absolute atomic E-state index is 11.7. The van der Waals surface area contributed by atoms with Gasteiger partial charge in [-0.1, -0.05) is 0 Å². The molecule has 5 heteroatoms. The van der Waals surface area contributed by atoms with Gasteiger partial charge in [0, 0.05) is 19.3 Å². The lowest BCUT2D eigenvalue weighted by Gasteiger charge is -2.17. The quantitative estimate of drug-likeness (QED) is 0.802. The second-order valence-corrected chi connectivity index (χ2v) is 4.87. The van der Waals surface area contributed by atoms with E-state index in [1.54, 1.807) is 19.2 Å². The molecule has 0 unspecified atom stereocenters. The molecular weight excluding hydrogens is 254 g/mol. The lowest BCUT2D eigenvalue weighted by Crippen LogP contribution is -2.17. The summed E-state index contributed by atoms with van der Waals surface area (Å²) in [6.45, 7) is 4.30. The van der Waals surface area contributed by atoms with Crippen molar-refractivity contribution in [3.05, 3.63) is 30.1 Å². The van der Waals surface area contributed by atoms with E-state index in [9.17, 15) is 4.79 Å². The van der Waals surface area contributed by atoms with Crippen molar-refractivity contribution in [1.82, 2.24) is 9.97 Å². The summed E-state index contributed by atoms with van der Waals surface area (Å²) in [5.41, 5.74) is 3.08. The van der Waals surface area contributed by atoms with Crippen LogP contribution < -0.4 is 4.90 Å². The number of ether oxygens (including phenoxy) is 1. The third kappa shape index (κ3) is 2.43. The van der Waals surface area contributed by atoms with Crippen LogP contribution in [0.1, 0.15) is 30.1 Å². The molecule has 0 aliphatic carbocycles. The van der Waals surface area contributed by atoms with Crippen molar-refractivity contribution >= 4 is 22.7 Å². The first-order chi connectivity index (χ1) is 9.78. The first-order valence-electron chi connectivity index (χ1n) is 6.96. The molecule has 0 aromatic carbocycles. The van der Waals surface area contributed by atoms with Gasteiger partial charge in [-0.15, -0.1) is 0 Å². The zero-order valence-electron chi connectivity index (χ0n) is 11.5. The van der Waals surface area contributed by atoms with Gasteiger partial charge in [-0.05, 0) is 31.9 Å². The van der Waals surface area contributed by atoms with Gasteiger partial charge in [-0.2, -0.15) is 0 Å². The molecule has 1 saturated heterocycles. The number of hydrogen-bond acceptors (Lipinski definition) is 5. The molecule has 104 valence electrons. The fourth-order valence-corrected chi connectivity index (χ4v) is 2.47. The average molecular weight is 271 g/mol. The van der Waals surface area contributed by atoms with Gasteiger partial charge in [0.2, 0.25) is 0 Å². The van der Waals surface area contributed by atoms with Gasteiger partial charge in [0.1, 0.15) is 0 Å². The molecule has 0 spiro atoms. The van der Waals surface area contributed by atoms with Crippen molar-refractivity contribution in [2.45, 2.75) is 19.8 Å². The molecule has 1 aliphatic rings. The molecule has 3 rings (SSSR count). The maximum atomic E-state index is 11.7. The Labute approximate surface area is 117 Å². The zero-order valence-corrected chi connectivity index (χ0v) is 11.5. The van der Waals surface area contributed by atoms with Gasteiger partial charge in [-0.3, -0.25) is 9.97 Å². The topological polar surface area (TPSA) is 55.3 Å². The molecule has 20 heavy (non-hydrogen) atoms. The highest BCUT2D eigenvalue weighted by Crippen LogP contribution is 2.22. The smallest absolute Gasteiger partial charge is 0.339 e. The van der Waals surface area contributed by atoms with Gasteiger partial charge >= 0.3 is 5.97 Å². The summed E-state index contributed by atoms with van der Waals surface area (Å²) >= 11 is 0. The zero-order chi connectivity index (χ0) is 13.9. The summed E-state index contributed by atoms with van der Waals surface area (Å²) in [5.74, 6) is -0.354. The minimum atomic E-state index is -0.354. The summed E-state index contributed by atoms with van der Waals surface area (Å²) in [6.07, 6.45) is 5.86. The van der Waals surface area contributed by atoms with Gasteiger partial charge in [0.25, 0.3) is 0 Å². The molecule has 5 nitrogen and oxygen atoms in total. The number of pyridine rings is 2. The standard InChI is InChI=1S/C15H17N3O2/c1-2-20-15(19)11-7-13-14(16-9-11)8-12(10-17-13)18-5-3-4-6-18/h7-10H,2-6H2,1H3. The number of nitrogens with zero attached hydrogens (tertiary/aromatic N) is 3. The second-order valence-electron chi connectivity index (χ2n) is 4.87. The Morgan fingerprint density at radius 3 is 2.65 bits per heavy atom. The molecule has 2 aromatic heterocycles. The van der Waals surface area contributed by atoms with Crippen molar-refractivity contribution in [3.63, 3.8) is 0 Å². The highest BCUT2D eigenvalue weighted by atomic mass is 16.5. The highest BCUT2D eigenvalue weighted by molar-refractivity contribution is 5.93. The van der Waals surface area contributed by atoms with E-state index in [4.69, 9.17) is 4.74 Å². The van der Waals surface area contributed by atoms with Crippen LogP contribution >= 0.6 is 0 Å². The van der Waals surface area contributed by atoms with Crippen molar-refractivity contribution in [2.24, 2.45) is 0 Å². The number of carbonyl (C=O) groups excluding carboxylic acids is 1. The Balaban J connectivity index is 1.92. The molecule has 0 bridgehead atoms. The van der Waals surface area contributed by atoms with E-state index in [0.717, 1.165) is 29.8 Å². The molecule has 0 N–H and O–H groups in total. The summed E-state index contributed by atoms with van der Waals surface area (Å²) in [5, 5.41) is 0. The number of hydrogen-bond donors (Lipinski definition) is 0. The molecule has 1 aliphatic heterocycles. The third-order valence-corrected chi connectivity index (χ3v) is 3.50. The minimum absolute atomic E-state index is 0.354. The fourth-order valence-electron chi connectivity index (χ4n) is 2.47. The fraction of sp³-hybridized carbons (Fsp3) is 0.400. The molecular formula is C15H17N3O2. The van der Waals surface area contributed by atoms with Crippen LogP contribution in [0.5, 0.6) is 0 Å². The van der Waals surface area contributed by atoms with Crippen LogP contribution in [0.3, 0.4) is 0 Å². The van der Waals surface area contributed by atoms with E-state index in [1.165, 1.54) is 12.8 Å². The summed E-state index contributed by atoms with van der Waals surface area (Å²) in [6, 6.07) is 3.76. The van der Waals surface area contributed by atoms with Crippen LogP contribution in [0, 0.1) is 0 Å². The number of fused-ring (bicyclic) bond motifs is 1. The van der Waals surface area contributed by atoms with Crippen LogP contribution in [0.25, 0.3) is 11.0 Å². The van der Waals surface area contributed by atoms with Gasteiger partial charge in [0.05, 0.1) is 35.1 Å². The van der Waals surface area contributed by atoms with Crippen molar-refractivity contribution in [2.75, 3.05) is 24.6 Å². The second kappa shape index (κ2) is 5.45. The van der Waals surface area contributed by atoms with Crippen LogP contribution in [-0.4, -0.2) is 35.6 Å². The number of carbonyl (C=O) groups is 1. The van der Waals surface area contributed by atoms with Gasteiger partial charge in [0.15, 0.2) is 0 Å². The maximum Gasteiger partial charge on any atom is 0.339 e. The first-order valence-corrected chi connectivity index (χ1v) is 6.96. The van der Waals surface area contributed by atoms with E-state index in [0.29, 0.717) is 12.2 Å². The molecule has 3 heterocycles. The Hall–Kier alpha value is -2.17. The SMILES string of the molecule is CCOC(=O)c1cnc2cc(N3CCCC3)cnc2c1. The predicted octanol–water partition coefficient (Wildman–Crippen LogP) is 2.41. The normalized spacial score (nSPS) is 14.8. The first kappa shape index (κ1) is 12.8. The number of rotatable bonds is 3. The summed E-state index contributed by atoms with van der Waals surface area (Å²) in [7, 11) is 0. The Bertz CT molecular complexity index is 636. The van der Waals surface area contributed by atoms with Gasteiger partial charge in [-0.25, -0.2) is 4.79 Å². The van der Waals surface area contributed by atoms with E-state index >= 15 is 0 Å². The van der Waals surface area contributed by atoms with E-state index in [1.807, 2.05) is 12.3 Å². The van der Waals surface area contributed by atoms with Crippen LogP contribution in [0.15, 0.2) is 24.5 Å². The third-order valence-electron chi connectivity index (χ3n) is 3.50. The van der Waals surface area contributed by atoms with Crippen molar-refractivity contribution in [3.8, 4) is 0 Å². The monoisotopic (exact) mass is 271 g/mol. The summed E-state index contributed by atoms with van der Waals surface area (Å²) < 4.78 is 4.97. The molecule has 2 aromatic rings. The van der Waals surface area contributed by atoms with E-state index in [2.05, 4.69) is 14.9 Å². The van der Waals surface area contributed by atoms with E-state index in [-0.39, 0.29) is 5.97 Å². The summed E-state index contributed by atoms with van der Waals surface area (Å²) in [4.78, 5) is 22.7. The molecule has 0 atom stereocenters. The van der Waals surface area contributed by atoms with Crippen LogP contribution in [-0.2, 0) is 4.74 Å². The lowest BCUT2D eigenvalue weighted by atomic mass is 10.2. The number of esters is 1. The highest BCUT2D eigenvalue weighted by Gasteiger charge is 2.14. The van der Waals surface area contributed by atoms with Crippen LogP contribution in [0.4, 0.5) is 5.69 Å². The molecule has 0 saturated carbocycles. The molecule has 0 amide bonds.